The van der Waals surface area contributed by atoms with E-state index in [1.54, 1.807) is 12.1 Å². The number of hydrogen-bond donors (Lipinski definition) is 1. The normalized spacial score (nSPS) is 15.5. The molecule has 28 heavy (non-hydrogen) atoms. The van der Waals surface area contributed by atoms with Gasteiger partial charge in [-0.1, -0.05) is 17.2 Å². The number of carbonyl (C=O) groups is 4. The third kappa shape index (κ3) is 2.73. The van der Waals surface area contributed by atoms with Gasteiger partial charge in [0.1, 0.15) is 5.75 Å². The van der Waals surface area contributed by atoms with E-state index in [-0.39, 0.29) is 22.7 Å². The molecule has 0 spiro atoms. The van der Waals surface area contributed by atoms with E-state index in [4.69, 9.17) is 9.57 Å². The van der Waals surface area contributed by atoms with Crippen LogP contribution in [-0.2, 0) is 4.84 Å². The van der Waals surface area contributed by atoms with Gasteiger partial charge in [-0.15, -0.1) is 0 Å². The SMILES string of the molecule is COc1ccc(C(=O)ON2C(=O)c3ccccc3C2=O)cc1N1CCNC1=O. The van der Waals surface area contributed by atoms with Crippen molar-refractivity contribution in [2.45, 2.75) is 0 Å². The number of urea groups is 1. The van der Waals surface area contributed by atoms with Crippen molar-refractivity contribution < 1.29 is 28.8 Å². The van der Waals surface area contributed by atoms with Crippen LogP contribution in [0.15, 0.2) is 42.5 Å². The lowest BCUT2D eigenvalue weighted by atomic mass is 10.1. The zero-order valence-electron chi connectivity index (χ0n) is 14.8. The van der Waals surface area contributed by atoms with Crippen LogP contribution in [-0.4, -0.2) is 49.1 Å². The van der Waals surface area contributed by atoms with E-state index in [0.717, 1.165) is 0 Å². The number of imide groups is 1. The predicted octanol–water partition coefficient (Wildman–Crippen LogP) is 1.59. The minimum Gasteiger partial charge on any atom is -0.495 e. The highest BCUT2D eigenvalue weighted by atomic mass is 16.7. The van der Waals surface area contributed by atoms with Gasteiger partial charge < -0.3 is 14.9 Å². The molecule has 0 atom stereocenters. The standard InChI is InChI=1S/C19H15N3O6/c1-27-15-7-6-11(10-14(15)21-9-8-20-19(21)26)18(25)28-22-16(23)12-4-2-3-5-13(12)17(22)24/h2-7,10H,8-9H2,1H3,(H,20,26). The molecule has 0 aromatic heterocycles. The zero-order chi connectivity index (χ0) is 19.8. The number of nitrogens with one attached hydrogen (secondary N) is 1. The van der Waals surface area contributed by atoms with Crippen LogP contribution in [0.1, 0.15) is 31.1 Å². The van der Waals surface area contributed by atoms with E-state index in [2.05, 4.69) is 5.32 Å². The molecule has 9 heteroatoms. The number of fused-ring (bicyclic) bond motifs is 1. The van der Waals surface area contributed by atoms with Gasteiger partial charge in [-0.3, -0.25) is 14.5 Å². The lowest BCUT2D eigenvalue weighted by molar-refractivity contribution is -0.0584. The van der Waals surface area contributed by atoms with Crippen LogP contribution >= 0.6 is 0 Å². The smallest absolute Gasteiger partial charge is 0.364 e. The molecule has 2 aliphatic heterocycles. The van der Waals surface area contributed by atoms with E-state index in [9.17, 15) is 19.2 Å². The maximum absolute atomic E-state index is 12.6. The molecular weight excluding hydrogens is 366 g/mol. The highest BCUT2D eigenvalue weighted by molar-refractivity contribution is 6.21. The minimum absolute atomic E-state index is 0.0621. The topological polar surface area (TPSA) is 105 Å². The lowest BCUT2D eigenvalue weighted by Gasteiger charge is -2.19. The number of nitrogens with zero attached hydrogens (tertiary/aromatic N) is 2. The van der Waals surface area contributed by atoms with Crippen LogP contribution in [0, 0.1) is 0 Å². The van der Waals surface area contributed by atoms with E-state index in [1.165, 1.54) is 42.3 Å². The van der Waals surface area contributed by atoms with Gasteiger partial charge in [0, 0.05) is 13.1 Å². The van der Waals surface area contributed by atoms with Crippen molar-refractivity contribution in [3.63, 3.8) is 0 Å². The Hall–Kier alpha value is -3.88. The molecule has 1 saturated heterocycles. The lowest BCUT2D eigenvalue weighted by Crippen LogP contribution is -2.33. The van der Waals surface area contributed by atoms with Crippen molar-refractivity contribution >= 4 is 29.5 Å². The highest BCUT2D eigenvalue weighted by Crippen LogP contribution is 2.31. The number of benzene rings is 2. The van der Waals surface area contributed by atoms with Crippen molar-refractivity contribution in [2.75, 3.05) is 25.1 Å². The number of rotatable bonds is 4. The van der Waals surface area contributed by atoms with Gasteiger partial charge in [0.2, 0.25) is 0 Å². The fourth-order valence-corrected chi connectivity index (χ4v) is 3.12. The molecule has 142 valence electrons. The average Bonchev–Trinajstić information content (AvgIpc) is 3.24. The molecule has 0 bridgehead atoms. The molecule has 0 radical (unpaired) electrons. The summed E-state index contributed by atoms with van der Waals surface area (Å²) in [6.45, 7) is 0.873. The van der Waals surface area contributed by atoms with Gasteiger partial charge in [-0.2, -0.15) is 0 Å². The first kappa shape index (κ1) is 17.5. The Morgan fingerprint density at radius 2 is 1.71 bits per heavy atom. The second-order valence-corrected chi connectivity index (χ2v) is 6.10. The predicted molar refractivity (Wildman–Crippen MR) is 96.1 cm³/mol. The highest BCUT2D eigenvalue weighted by Gasteiger charge is 2.39. The Labute approximate surface area is 159 Å². The summed E-state index contributed by atoms with van der Waals surface area (Å²) in [5.74, 6) is -1.92. The minimum atomic E-state index is -0.905. The molecule has 0 saturated carbocycles. The molecule has 1 fully saturated rings. The number of ether oxygens (including phenoxy) is 1. The summed E-state index contributed by atoms with van der Waals surface area (Å²) >= 11 is 0. The molecule has 2 aromatic carbocycles. The second-order valence-electron chi connectivity index (χ2n) is 6.10. The summed E-state index contributed by atoms with van der Waals surface area (Å²) in [5.41, 5.74) is 0.787. The van der Waals surface area contributed by atoms with Crippen LogP contribution < -0.4 is 15.0 Å². The summed E-state index contributed by atoms with van der Waals surface area (Å²) in [6, 6.07) is 10.3. The maximum Gasteiger partial charge on any atom is 0.364 e. The van der Waals surface area contributed by atoms with Crippen molar-refractivity contribution in [1.29, 1.82) is 0 Å². The van der Waals surface area contributed by atoms with E-state index in [1.807, 2.05) is 0 Å². The Morgan fingerprint density at radius 3 is 2.29 bits per heavy atom. The fourth-order valence-electron chi connectivity index (χ4n) is 3.12. The Bertz CT molecular complexity index is 983. The third-order valence-electron chi connectivity index (χ3n) is 4.49. The summed E-state index contributed by atoms with van der Waals surface area (Å²) in [7, 11) is 1.45. The van der Waals surface area contributed by atoms with Crippen molar-refractivity contribution in [1.82, 2.24) is 10.4 Å². The summed E-state index contributed by atoms with van der Waals surface area (Å²) < 4.78 is 5.26. The molecule has 0 unspecified atom stereocenters. The molecule has 4 rings (SSSR count). The van der Waals surface area contributed by atoms with Crippen molar-refractivity contribution in [3.05, 3.63) is 59.2 Å². The van der Waals surface area contributed by atoms with Crippen LogP contribution in [0.5, 0.6) is 5.75 Å². The number of hydroxylamine groups is 2. The largest absolute Gasteiger partial charge is 0.495 e. The zero-order valence-corrected chi connectivity index (χ0v) is 14.8. The van der Waals surface area contributed by atoms with Crippen LogP contribution in [0.4, 0.5) is 10.5 Å². The van der Waals surface area contributed by atoms with Gasteiger partial charge >= 0.3 is 12.0 Å². The Morgan fingerprint density at radius 1 is 1.04 bits per heavy atom. The van der Waals surface area contributed by atoms with Crippen molar-refractivity contribution in [3.8, 4) is 5.75 Å². The number of carbonyl (C=O) groups excluding carboxylic acids is 4. The van der Waals surface area contributed by atoms with Gasteiger partial charge in [0.15, 0.2) is 0 Å². The van der Waals surface area contributed by atoms with Gasteiger partial charge in [-0.25, -0.2) is 9.59 Å². The first-order chi connectivity index (χ1) is 13.5. The quantitative estimate of drug-likeness (QED) is 0.807. The van der Waals surface area contributed by atoms with E-state index < -0.39 is 17.8 Å². The third-order valence-corrected chi connectivity index (χ3v) is 4.49. The van der Waals surface area contributed by atoms with E-state index in [0.29, 0.717) is 29.6 Å². The number of methoxy groups -OCH3 is 1. The monoisotopic (exact) mass is 381 g/mol. The molecule has 4 amide bonds. The van der Waals surface area contributed by atoms with Gasteiger partial charge in [0.25, 0.3) is 11.8 Å². The number of hydrogen-bond acceptors (Lipinski definition) is 6. The first-order valence-corrected chi connectivity index (χ1v) is 8.45. The summed E-state index contributed by atoms with van der Waals surface area (Å²) in [4.78, 5) is 55.7. The van der Waals surface area contributed by atoms with Crippen LogP contribution in [0.25, 0.3) is 0 Å². The summed E-state index contributed by atoms with van der Waals surface area (Å²) in [5, 5.41) is 3.11. The van der Waals surface area contributed by atoms with Crippen molar-refractivity contribution in [2.24, 2.45) is 0 Å². The van der Waals surface area contributed by atoms with E-state index >= 15 is 0 Å². The number of anilines is 1. The molecule has 9 nitrogen and oxygen atoms in total. The second kappa shape index (κ2) is 6.69. The Balaban J connectivity index is 1.60. The maximum atomic E-state index is 12.6. The fraction of sp³-hybridized carbons (Fsp3) is 0.158. The first-order valence-electron chi connectivity index (χ1n) is 8.45. The summed E-state index contributed by atoms with van der Waals surface area (Å²) in [6.07, 6.45) is 0. The molecule has 2 aromatic rings. The van der Waals surface area contributed by atoms with Crippen LogP contribution in [0.2, 0.25) is 0 Å². The molecular formula is C19H15N3O6. The molecule has 0 aliphatic carbocycles. The number of amides is 4. The van der Waals surface area contributed by atoms with Gasteiger partial charge in [-0.05, 0) is 30.3 Å². The van der Waals surface area contributed by atoms with Gasteiger partial charge in [0.05, 0.1) is 29.5 Å². The molecule has 1 N–H and O–H groups in total. The van der Waals surface area contributed by atoms with Crippen LogP contribution in [0.3, 0.4) is 0 Å². The molecule has 2 heterocycles. The Kier molecular flexibility index (Phi) is 4.19. The average molecular weight is 381 g/mol. The molecule has 2 aliphatic rings.